The van der Waals surface area contributed by atoms with E-state index >= 15 is 0 Å². The van der Waals surface area contributed by atoms with Crippen LogP contribution in [-0.2, 0) is 0 Å². The molecule has 2 aromatic rings. The molecular weight excluding hydrogens is 238 g/mol. The van der Waals surface area contributed by atoms with E-state index < -0.39 is 0 Å². The summed E-state index contributed by atoms with van der Waals surface area (Å²) < 4.78 is 0. The summed E-state index contributed by atoms with van der Waals surface area (Å²) in [5.74, 6) is 0.697. The monoisotopic (exact) mass is 257 g/mol. The number of rotatable bonds is 6. The first-order valence-electron chi connectivity index (χ1n) is 6.91. The maximum Gasteiger partial charge on any atom is 0.204 e. The van der Waals surface area contributed by atoms with E-state index in [2.05, 4.69) is 27.7 Å². The molecule has 0 saturated heterocycles. The molecule has 100 valence electrons. The Morgan fingerprint density at radius 2 is 2.11 bits per heavy atom. The Labute approximate surface area is 113 Å². The summed E-state index contributed by atoms with van der Waals surface area (Å²) >= 11 is 0. The highest BCUT2D eigenvalue weighted by Gasteiger charge is 2.20. The van der Waals surface area contributed by atoms with Crippen LogP contribution in [0.3, 0.4) is 0 Å². The Balaban J connectivity index is 1.60. The van der Waals surface area contributed by atoms with E-state index in [1.54, 1.807) is 4.80 Å². The predicted octanol–water partition coefficient (Wildman–Crippen LogP) is 2.04. The van der Waals surface area contributed by atoms with E-state index in [4.69, 9.17) is 0 Å². The fraction of sp³-hybridized carbons (Fsp3) is 0.500. The van der Waals surface area contributed by atoms with Gasteiger partial charge in [-0.25, -0.2) is 0 Å². The second-order valence-electron chi connectivity index (χ2n) is 5.17. The quantitative estimate of drug-likeness (QED) is 0.860. The van der Waals surface area contributed by atoms with Gasteiger partial charge in [0, 0.05) is 11.6 Å². The van der Waals surface area contributed by atoms with Crippen LogP contribution >= 0.6 is 0 Å². The third kappa shape index (κ3) is 3.17. The van der Waals surface area contributed by atoms with Gasteiger partial charge < -0.3 is 5.32 Å². The van der Waals surface area contributed by atoms with E-state index in [0.29, 0.717) is 5.82 Å². The number of aromatic nitrogens is 4. The zero-order valence-corrected chi connectivity index (χ0v) is 11.2. The standard InChI is InChI=1S/C14H19N5/c1-11(9-10-15-13-7-8-13)19-17-14(16-18-19)12-5-3-2-4-6-12/h2-6,11,13,15H,7-10H2,1H3. The molecule has 1 aliphatic rings. The average Bonchev–Trinajstić information content (AvgIpc) is 3.13. The molecule has 0 amide bonds. The largest absolute Gasteiger partial charge is 0.314 e. The second kappa shape index (κ2) is 5.48. The molecule has 5 heteroatoms. The number of tetrazole rings is 1. The van der Waals surface area contributed by atoms with Crippen molar-refractivity contribution in [2.24, 2.45) is 0 Å². The summed E-state index contributed by atoms with van der Waals surface area (Å²) in [6, 6.07) is 11.0. The van der Waals surface area contributed by atoms with Gasteiger partial charge in [-0.05, 0) is 37.9 Å². The van der Waals surface area contributed by atoms with Gasteiger partial charge in [-0.2, -0.15) is 4.80 Å². The van der Waals surface area contributed by atoms with Crippen LogP contribution in [0, 0.1) is 0 Å². The van der Waals surface area contributed by atoms with Crippen molar-refractivity contribution in [1.82, 2.24) is 25.5 Å². The molecule has 19 heavy (non-hydrogen) atoms. The van der Waals surface area contributed by atoms with E-state index in [-0.39, 0.29) is 6.04 Å². The first kappa shape index (κ1) is 12.3. The molecule has 0 bridgehead atoms. The fourth-order valence-corrected chi connectivity index (χ4v) is 2.01. The molecule has 1 heterocycles. The highest BCUT2D eigenvalue weighted by atomic mass is 15.6. The maximum atomic E-state index is 4.46. The van der Waals surface area contributed by atoms with Gasteiger partial charge in [-0.3, -0.25) is 0 Å². The highest BCUT2D eigenvalue weighted by Crippen LogP contribution is 2.19. The molecule has 1 saturated carbocycles. The highest BCUT2D eigenvalue weighted by molar-refractivity contribution is 5.52. The molecule has 1 unspecified atom stereocenters. The van der Waals surface area contributed by atoms with E-state index in [1.165, 1.54) is 12.8 Å². The van der Waals surface area contributed by atoms with E-state index in [0.717, 1.165) is 24.6 Å². The number of benzene rings is 1. The van der Waals surface area contributed by atoms with Crippen molar-refractivity contribution in [2.75, 3.05) is 6.54 Å². The minimum absolute atomic E-state index is 0.274. The predicted molar refractivity (Wildman–Crippen MR) is 73.6 cm³/mol. The summed E-state index contributed by atoms with van der Waals surface area (Å²) in [7, 11) is 0. The number of nitrogens with zero attached hydrogens (tertiary/aromatic N) is 4. The van der Waals surface area contributed by atoms with Gasteiger partial charge in [-0.1, -0.05) is 30.3 Å². The molecule has 1 aromatic carbocycles. The Kier molecular flexibility index (Phi) is 3.55. The van der Waals surface area contributed by atoms with Gasteiger partial charge in [0.15, 0.2) is 0 Å². The van der Waals surface area contributed by atoms with Crippen LogP contribution in [-0.4, -0.2) is 32.8 Å². The Morgan fingerprint density at radius 3 is 2.84 bits per heavy atom. The van der Waals surface area contributed by atoms with Crippen LogP contribution in [0.25, 0.3) is 11.4 Å². The van der Waals surface area contributed by atoms with Gasteiger partial charge in [-0.15, -0.1) is 10.2 Å². The SMILES string of the molecule is CC(CCNC1CC1)n1nnc(-c2ccccc2)n1. The normalized spacial score (nSPS) is 16.5. The zero-order chi connectivity index (χ0) is 13.1. The Bertz CT molecular complexity index is 518. The maximum absolute atomic E-state index is 4.46. The lowest BCUT2D eigenvalue weighted by atomic mass is 10.2. The number of nitrogens with one attached hydrogen (secondary N) is 1. The van der Waals surface area contributed by atoms with Crippen molar-refractivity contribution in [2.45, 2.75) is 38.3 Å². The van der Waals surface area contributed by atoms with Crippen molar-refractivity contribution >= 4 is 0 Å². The summed E-state index contributed by atoms with van der Waals surface area (Å²) in [5, 5.41) is 16.2. The van der Waals surface area contributed by atoms with Crippen LogP contribution in [0.15, 0.2) is 30.3 Å². The first-order chi connectivity index (χ1) is 9.33. The minimum Gasteiger partial charge on any atom is -0.314 e. The van der Waals surface area contributed by atoms with Gasteiger partial charge in [0.25, 0.3) is 0 Å². The molecule has 3 rings (SSSR count). The summed E-state index contributed by atoms with van der Waals surface area (Å²) in [6.07, 6.45) is 3.68. The van der Waals surface area contributed by atoms with Gasteiger partial charge in [0.1, 0.15) is 0 Å². The molecule has 0 radical (unpaired) electrons. The Morgan fingerprint density at radius 1 is 1.32 bits per heavy atom. The summed E-state index contributed by atoms with van der Waals surface area (Å²) in [5.41, 5.74) is 1.01. The molecule has 5 nitrogen and oxygen atoms in total. The van der Waals surface area contributed by atoms with Crippen LogP contribution in [0.5, 0.6) is 0 Å². The van der Waals surface area contributed by atoms with Gasteiger partial charge in [0.2, 0.25) is 5.82 Å². The molecular formula is C14H19N5. The van der Waals surface area contributed by atoms with Gasteiger partial charge >= 0.3 is 0 Å². The zero-order valence-electron chi connectivity index (χ0n) is 11.2. The van der Waals surface area contributed by atoms with Crippen LogP contribution in [0.4, 0.5) is 0 Å². The van der Waals surface area contributed by atoms with Gasteiger partial charge in [0.05, 0.1) is 6.04 Å². The summed E-state index contributed by atoms with van der Waals surface area (Å²) in [6.45, 7) is 3.15. The van der Waals surface area contributed by atoms with Crippen LogP contribution in [0.2, 0.25) is 0 Å². The molecule has 0 aliphatic heterocycles. The fourth-order valence-electron chi connectivity index (χ4n) is 2.01. The smallest absolute Gasteiger partial charge is 0.204 e. The Hall–Kier alpha value is -1.75. The lowest BCUT2D eigenvalue weighted by Crippen LogP contribution is -2.21. The third-order valence-electron chi connectivity index (χ3n) is 3.43. The van der Waals surface area contributed by atoms with Crippen molar-refractivity contribution in [3.05, 3.63) is 30.3 Å². The van der Waals surface area contributed by atoms with Crippen molar-refractivity contribution in [3.8, 4) is 11.4 Å². The molecule has 1 fully saturated rings. The number of hydrogen-bond acceptors (Lipinski definition) is 4. The second-order valence-corrected chi connectivity index (χ2v) is 5.17. The van der Waals surface area contributed by atoms with Crippen molar-refractivity contribution in [1.29, 1.82) is 0 Å². The van der Waals surface area contributed by atoms with Crippen molar-refractivity contribution in [3.63, 3.8) is 0 Å². The third-order valence-corrected chi connectivity index (χ3v) is 3.43. The topological polar surface area (TPSA) is 55.6 Å². The molecule has 1 atom stereocenters. The van der Waals surface area contributed by atoms with Crippen LogP contribution < -0.4 is 5.32 Å². The van der Waals surface area contributed by atoms with Crippen LogP contribution in [0.1, 0.15) is 32.2 Å². The van der Waals surface area contributed by atoms with E-state index in [1.807, 2.05) is 30.3 Å². The summed E-state index contributed by atoms with van der Waals surface area (Å²) in [4.78, 5) is 1.72. The minimum atomic E-state index is 0.274. The molecule has 1 aromatic heterocycles. The number of hydrogen-bond donors (Lipinski definition) is 1. The molecule has 1 N–H and O–H groups in total. The van der Waals surface area contributed by atoms with Crippen molar-refractivity contribution < 1.29 is 0 Å². The average molecular weight is 257 g/mol. The lowest BCUT2D eigenvalue weighted by molar-refractivity contribution is 0.392. The first-order valence-corrected chi connectivity index (χ1v) is 6.91. The lowest BCUT2D eigenvalue weighted by Gasteiger charge is -2.09. The van der Waals surface area contributed by atoms with E-state index in [9.17, 15) is 0 Å². The molecule has 1 aliphatic carbocycles. The molecule has 0 spiro atoms.